The Hall–Kier alpha value is -1.66. The summed E-state index contributed by atoms with van der Waals surface area (Å²) < 4.78 is 5.65. The lowest BCUT2D eigenvalue weighted by Crippen LogP contribution is -2.38. The highest BCUT2D eigenvalue weighted by atomic mass is 16.6. The molecule has 20 heavy (non-hydrogen) atoms. The maximum Gasteiger partial charge on any atom is 0.270 e. The zero-order valence-corrected chi connectivity index (χ0v) is 11.4. The number of aliphatic hydroxyl groups is 1. The third-order valence-corrected chi connectivity index (χ3v) is 3.76. The molecule has 0 heterocycles. The summed E-state index contributed by atoms with van der Waals surface area (Å²) >= 11 is 0. The molecule has 1 aromatic rings. The van der Waals surface area contributed by atoms with Crippen molar-refractivity contribution in [3.05, 3.63) is 33.9 Å². The van der Waals surface area contributed by atoms with Crippen molar-refractivity contribution in [3.63, 3.8) is 0 Å². The number of hydrogen-bond acceptors (Lipinski definition) is 5. The highest BCUT2D eigenvalue weighted by molar-refractivity contribution is 5.43. The Balaban J connectivity index is 2.07. The minimum Gasteiger partial charge on any atom is -0.490 e. The fraction of sp³-hybridized carbons (Fsp3) is 0.571. The molecule has 0 unspecified atom stereocenters. The van der Waals surface area contributed by atoms with Crippen molar-refractivity contribution in [2.75, 3.05) is 6.61 Å². The van der Waals surface area contributed by atoms with E-state index < -0.39 is 10.5 Å². The molecule has 1 fully saturated rings. The number of nitro groups is 1. The first-order valence-corrected chi connectivity index (χ1v) is 6.87. The molecule has 1 saturated carbocycles. The number of nitrogens with zero attached hydrogens (tertiary/aromatic N) is 1. The van der Waals surface area contributed by atoms with Crippen molar-refractivity contribution in [2.45, 2.75) is 44.2 Å². The first kappa shape index (κ1) is 14.7. The third kappa shape index (κ3) is 3.46. The summed E-state index contributed by atoms with van der Waals surface area (Å²) in [6, 6.07) is 4.35. The maximum atomic E-state index is 10.7. The smallest absolute Gasteiger partial charge is 0.270 e. The number of rotatable bonds is 5. The van der Waals surface area contributed by atoms with Gasteiger partial charge >= 0.3 is 0 Å². The average molecular weight is 280 g/mol. The summed E-state index contributed by atoms with van der Waals surface area (Å²) in [5.41, 5.74) is 5.39. The molecule has 6 heteroatoms. The highest BCUT2D eigenvalue weighted by Crippen LogP contribution is 2.30. The van der Waals surface area contributed by atoms with Crippen LogP contribution in [0.15, 0.2) is 18.2 Å². The van der Waals surface area contributed by atoms with E-state index in [1.165, 1.54) is 12.1 Å². The van der Waals surface area contributed by atoms with Crippen LogP contribution < -0.4 is 10.5 Å². The molecule has 3 N–H and O–H groups in total. The largest absolute Gasteiger partial charge is 0.490 e. The molecule has 0 amide bonds. The third-order valence-electron chi connectivity index (χ3n) is 3.76. The van der Waals surface area contributed by atoms with Crippen molar-refractivity contribution in [3.8, 4) is 5.75 Å². The van der Waals surface area contributed by atoms with Crippen LogP contribution in [0.4, 0.5) is 5.69 Å². The van der Waals surface area contributed by atoms with Crippen LogP contribution in [0.3, 0.4) is 0 Å². The molecular weight excluding hydrogens is 260 g/mol. The predicted octanol–water partition coefficient (Wildman–Crippen LogP) is 2.13. The van der Waals surface area contributed by atoms with Gasteiger partial charge < -0.3 is 15.6 Å². The van der Waals surface area contributed by atoms with Gasteiger partial charge in [-0.2, -0.15) is 0 Å². The standard InChI is InChI=1S/C14H20N2O4/c15-9-11-8-12(16(18)19)4-5-13(11)20-10-14(17)6-2-1-3-7-14/h4-5,8,17H,1-3,6-7,9-10,15H2. The second-order valence-electron chi connectivity index (χ2n) is 5.33. The molecule has 0 saturated heterocycles. The van der Waals surface area contributed by atoms with Crippen LogP contribution in [0, 0.1) is 10.1 Å². The van der Waals surface area contributed by atoms with Gasteiger partial charge in [0, 0.05) is 24.2 Å². The van der Waals surface area contributed by atoms with Gasteiger partial charge in [0.15, 0.2) is 0 Å². The summed E-state index contributed by atoms with van der Waals surface area (Å²) in [4.78, 5) is 10.3. The minimum absolute atomic E-state index is 0.00539. The van der Waals surface area contributed by atoms with Crippen LogP contribution in [-0.2, 0) is 6.54 Å². The van der Waals surface area contributed by atoms with Crippen LogP contribution in [0.1, 0.15) is 37.7 Å². The quantitative estimate of drug-likeness (QED) is 0.636. The maximum absolute atomic E-state index is 10.7. The molecule has 110 valence electrons. The van der Waals surface area contributed by atoms with Gasteiger partial charge in [-0.3, -0.25) is 10.1 Å². The summed E-state index contributed by atoms with van der Waals surface area (Å²) in [5, 5.41) is 21.1. The van der Waals surface area contributed by atoms with Crippen molar-refractivity contribution >= 4 is 5.69 Å². The van der Waals surface area contributed by atoms with E-state index >= 15 is 0 Å². The highest BCUT2D eigenvalue weighted by Gasteiger charge is 2.30. The SMILES string of the molecule is NCc1cc([N+](=O)[O-])ccc1OCC1(O)CCCCC1. The van der Waals surface area contributed by atoms with Gasteiger partial charge in [0.25, 0.3) is 5.69 Å². The molecule has 0 aromatic heterocycles. The molecule has 0 aliphatic heterocycles. The second-order valence-corrected chi connectivity index (χ2v) is 5.33. The van der Waals surface area contributed by atoms with Crippen LogP contribution in [-0.4, -0.2) is 22.2 Å². The van der Waals surface area contributed by atoms with Crippen molar-refractivity contribution < 1.29 is 14.8 Å². The van der Waals surface area contributed by atoms with Gasteiger partial charge in [-0.1, -0.05) is 19.3 Å². The topological polar surface area (TPSA) is 98.6 Å². The van der Waals surface area contributed by atoms with E-state index in [1.54, 1.807) is 6.07 Å². The Morgan fingerprint density at radius 1 is 1.35 bits per heavy atom. The Bertz CT molecular complexity index is 484. The Morgan fingerprint density at radius 3 is 2.65 bits per heavy atom. The van der Waals surface area contributed by atoms with Gasteiger partial charge in [-0.05, 0) is 18.9 Å². The fourth-order valence-electron chi connectivity index (χ4n) is 2.55. The molecule has 1 aliphatic carbocycles. The predicted molar refractivity (Wildman–Crippen MR) is 74.5 cm³/mol. The molecule has 6 nitrogen and oxygen atoms in total. The van der Waals surface area contributed by atoms with E-state index in [1.807, 2.05) is 0 Å². The van der Waals surface area contributed by atoms with Crippen molar-refractivity contribution in [1.29, 1.82) is 0 Å². The van der Waals surface area contributed by atoms with Crippen LogP contribution in [0.5, 0.6) is 5.75 Å². The van der Waals surface area contributed by atoms with E-state index in [0.717, 1.165) is 32.1 Å². The number of nitro benzene ring substituents is 1. The summed E-state index contributed by atoms with van der Waals surface area (Å²) in [7, 11) is 0. The van der Waals surface area contributed by atoms with Crippen molar-refractivity contribution in [2.24, 2.45) is 5.73 Å². The lowest BCUT2D eigenvalue weighted by molar-refractivity contribution is -0.384. The minimum atomic E-state index is -0.786. The molecule has 0 atom stereocenters. The molecule has 1 aromatic carbocycles. The Labute approximate surface area is 117 Å². The van der Waals surface area contributed by atoms with Crippen LogP contribution in [0.2, 0.25) is 0 Å². The zero-order chi connectivity index (χ0) is 14.6. The van der Waals surface area contributed by atoms with E-state index in [-0.39, 0.29) is 18.8 Å². The zero-order valence-electron chi connectivity index (χ0n) is 11.4. The number of benzene rings is 1. The summed E-state index contributed by atoms with van der Waals surface area (Å²) in [5.74, 6) is 0.511. The first-order chi connectivity index (χ1) is 9.54. The molecule has 0 radical (unpaired) electrons. The van der Waals surface area contributed by atoms with Crippen LogP contribution >= 0.6 is 0 Å². The fourth-order valence-corrected chi connectivity index (χ4v) is 2.55. The van der Waals surface area contributed by atoms with E-state index in [4.69, 9.17) is 10.5 Å². The number of ether oxygens (including phenoxy) is 1. The van der Waals surface area contributed by atoms with Gasteiger partial charge in [-0.15, -0.1) is 0 Å². The first-order valence-electron chi connectivity index (χ1n) is 6.87. The number of non-ortho nitro benzene ring substituents is 1. The number of hydrogen-bond donors (Lipinski definition) is 2. The summed E-state index contributed by atoms with van der Waals surface area (Å²) in [6.45, 7) is 0.368. The molecule has 1 aliphatic rings. The van der Waals surface area contributed by atoms with Gasteiger partial charge in [0.2, 0.25) is 0 Å². The lowest BCUT2D eigenvalue weighted by Gasteiger charge is -2.31. The normalized spacial score (nSPS) is 17.7. The molecule has 0 spiro atoms. The van der Waals surface area contributed by atoms with E-state index in [0.29, 0.717) is 11.3 Å². The van der Waals surface area contributed by atoms with Gasteiger partial charge in [0.05, 0.1) is 10.5 Å². The Morgan fingerprint density at radius 2 is 2.05 bits per heavy atom. The average Bonchev–Trinajstić information content (AvgIpc) is 2.45. The summed E-state index contributed by atoms with van der Waals surface area (Å²) in [6.07, 6.45) is 4.62. The van der Waals surface area contributed by atoms with Crippen LogP contribution in [0.25, 0.3) is 0 Å². The molecule has 2 rings (SSSR count). The van der Waals surface area contributed by atoms with E-state index in [2.05, 4.69) is 0 Å². The van der Waals surface area contributed by atoms with Gasteiger partial charge in [0.1, 0.15) is 12.4 Å². The number of nitrogens with two attached hydrogens (primary N) is 1. The lowest BCUT2D eigenvalue weighted by atomic mass is 9.85. The molecule has 0 bridgehead atoms. The Kier molecular flexibility index (Phi) is 4.57. The second kappa shape index (κ2) is 6.19. The molecular formula is C14H20N2O4. The van der Waals surface area contributed by atoms with Gasteiger partial charge in [-0.25, -0.2) is 0 Å². The van der Waals surface area contributed by atoms with Crippen molar-refractivity contribution in [1.82, 2.24) is 0 Å². The van der Waals surface area contributed by atoms with E-state index in [9.17, 15) is 15.2 Å². The monoisotopic (exact) mass is 280 g/mol.